The number of rotatable bonds is 3. The summed E-state index contributed by atoms with van der Waals surface area (Å²) >= 11 is 3.38. The van der Waals surface area contributed by atoms with Crippen LogP contribution in [0.3, 0.4) is 0 Å². The predicted molar refractivity (Wildman–Crippen MR) is 81.8 cm³/mol. The second kappa shape index (κ2) is 6.39. The normalized spacial score (nSPS) is 18.1. The fourth-order valence-electron chi connectivity index (χ4n) is 2.47. The average Bonchev–Trinajstić information content (AvgIpc) is 2.94. The van der Waals surface area contributed by atoms with Crippen molar-refractivity contribution in [1.82, 2.24) is 9.80 Å². The third-order valence-electron chi connectivity index (χ3n) is 3.59. The molecule has 1 aliphatic rings. The molecule has 1 saturated heterocycles. The zero-order chi connectivity index (χ0) is 14.7. The molecule has 1 aromatic carbocycles. The molecule has 0 radical (unpaired) electrons. The van der Waals surface area contributed by atoms with Crippen molar-refractivity contribution < 1.29 is 9.59 Å². The van der Waals surface area contributed by atoms with Crippen LogP contribution in [0.1, 0.15) is 28.8 Å². The van der Waals surface area contributed by atoms with Gasteiger partial charge in [-0.1, -0.05) is 28.1 Å². The number of nitrogens with zero attached hydrogens (tertiary/aromatic N) is 2. The van der Waals surface area contributed by atoms with Crippen LogP contribution in [0.4, 0.5) is 0 Å². The van der Waals surface area contributed by atoms with E-state index in [0.29, 0.717) is 12.1 Å². The van der Waals surface area contributed by atoms with Crippen molar-refractivity contribution >= 4 is 27.7 Å². The van der Waals surface area contributed by atoms with E-state index in [4.69, 9.17) is 0 Å². The Labute approximate surface area is 127 Å². The fraction of sp³-hybridized carbons (Fsp3) is 0.467. The Morgan fingerprint density at radius 3 is 2.50 bits per heavy atom. The van der Waals surface area contributed by atoms with E-state index in [-0.39, 0.29) is 17.9 Å². The van der Waals surface area contributed by atoms with Gasteiger partial charge in [-0.25, -0.2) is 0 Å². The van der Waals surface area contributed by atoms with E-state index >= 15 is 0 Å². The van der Waals surface area contributed by atoms with Crippen molar-refractivity contribution in [3.63, 3.8) is 0 Å². The third kappa shape index (κ3) is 3.03. The van der Waals surface area contributed by atoms with Gasteiger partial charge in [-0.05, 0) is 30.5 Å². The zero-order valence-electron chi connectivity index (χ0n) is 11.8. The smallest absolute Gasteiger partial charge is 0.254 e. The molecule has 108 valence electrons. The first kappa shape index (κ1) is 15.0. The summed E-state index contributed by atoms with van der Waals surface area (Å²) in [5.41, 5.74) is 1.78. The summed E-state index contributed by atoms with van der Waals surface area (Å²) in [5, 5.41) is 0.771. The highest BCUT2D eigenvalue weighted by atomic mass is 79.9. The molecule has 20 heavy (non-hydrogen) atoms. The van der Waals surface area contributed by atoms with E-state index in [1.54, 1.807) is 23.9 Å². The molecule has 1 atom stereocenters. The molecule has 4 nitrogen and oxygen atoms in total. The molecule has 5 heteroatoms. The van der Waals surface area contributed by atoms with Gasteiger partial charge in [0.25, 0.3) is 5.91 Å². The van der Waals surface area contributed by atoms with Crippen LogP contribution in [-0.4, -0.2) is 48.3 Å². The molecule has 0 saturated carbocycles. The molecule has 1 fully saturated rings. The Morgan fingerprint density at radius 1 is 1.30 bits per heavy atom. The number of carbonyl (C=O) groups excluding carboxylic acids is 2. The van der Waals surface area contributed by atoms with Crippen molar-refractivity contribution in [2.45, 2.75) is 24.2 Å². The molecule has 0 aliphatic carbocycles. The molecule has 1 aliphatic heterocycles. The summed E-state index contributed by atoms with van der Waals surface area (Å²) < 4.78 is 0. The molecule has 0 N–H and O–H groups in total. The van der Waals surface area contributed by atoms with Crippen LogP contribution in [0.5, 0.6) is 0 Å². The van der Waals surface area contributed by atoms with Gasteiger partial charge in [0.15, 0.2) is 0 Å². The van der Waals surface area contributed by atoms with E-state index in [1.807, 2.05) is 24.3 Å². The lowest BCUT2D eigenvalue weighted by molar-refractivity contribution is -0.132. The van der Waals surface area contributed by atoms with Gasteiger partial charge < -0.3 is 9.80 Å². The quantitative estimate of drug-likeness (QED) is 0.793. The number of hydrogen-bond acceptors (Lipinski definition) is 2. The highest BCUT2D eigenvalue weighted by Gasteiger charge is 2.35. The maximum Gasteiger partial charge on any atom is 0.254 e. The first-order valence-electron chi connectivity index (χ1n) is 6.71. The summed E-state index contributed by atoms with van der Waals surface area (Å²) in [4.78, 5) is 27.9. The van der Waals surface area contributed by atoms with Crippen LogP contribution in [0.25, 0.3) is 0 Å². The van der Waals surface area contributed by atoms with E-state index in [9.17, 15) is 9.59 Å². The summed E-state index contributed by atoms with van der Waals surface area (Å²) in [5.74, 6) is -0.0447. The van der Waals surface area contributed by atoms with Gasteiger partial charge in [0, 0.05) is 31.5 Å². The monoisotopic (exact) mass is 338 g/mol. The van der Waals surface area contributed by atoms with E-state index in [2.05, 4.69) is 15.9 Å². The van der Waals surface area contributed by atoms with Gasteiger partial charge in [0.2, 0.25) is 5.91 Å². The van der Waals surface area contributed by atoms with Crippen LogP contribution in [-0.2, 0) is 10.1 Å². The summed E-state index contributed by atoms with van der Waals surface area (Å²) in [7, 11) is 3.46. The maximum atomic E-state index is 12.5. The van der Waals surface area contributed by atoms with Gasteiger partial charge in [-0.2, -0.15) is 0 Å². The Balaban J connectivity index is 2.16. The molecule has 0 spiro atoms. The number of hydrogen-bond donors (Lipinski definition) is 0. The standard InChI is InChI=1S/C15H19BrN2O2/c1-17(2)15(20)13-4-3-9-18(13)14(19)12-7-5-11(10-16)6-8-12/h5-8,13H,3-4,9-10H2,1-2H3. The number of carbonyl (C=O) groups is 2. The minimum atomic E-state index is -0.312. The molecule has 0 aromatic heterocycles. The van der Waals surface area contributed by atoms with Crippen LogP contribution in [0.2, 0.25) is 0 Å². The number of alkyl halides is 1. The van der Waals surface area contributed by atoms with Crippen molar-refractivity contribution in [2.75, 3.05) is 20.6 Å². The Morgan fingerprint density at radius 2 is 1.95 bits per heavy atom. The number of amides is 2. The topological polar surface area (TPSA) is 40.6 Å². The average molecular weight is 339 g/mol. The van der Waals surface area contributed by atoms with Crippen molar-refractivity contribution in [3.05, 3.63) is 35.4 Å². The Kier molecular flexibility index (Phi) is 4.81. The van der Waals surface area contributed by atoms with Crippen molar-refractivity contribution in [3.8, 4) is 0 Å². The lowest BCUT2D eigenvalue weighted by Crippen LogP contribution is -2.45. The largest absolute Gasteiger partial charge is 0.347 e. The fourth-order valence-corrected chi connectivity index (χ4v) is 2.84. The maximum absolute atomic E-state index is 12.5. The minimum Gasteiger partial charge on any atom is -0.347 e. The van der Waals surface area contributed by atoms with Crippen LogP contribution in [0, 0.1) is 0 Å². The van der Waals surface area contributed by atoms with E-state index < -0.39 is 0 Å². The molecule has 1 unspecified atom stereocenters. The molecule has 0 bridgehead atoms. The highest BCUT2D eigenvalue weighted by molar-refractivity contribution is 9.08. The molecule has 1 heterocycles. The molecule has 2 amide bonds. The highest BCUT2D eigenvalue weighted by Crippen LogP contribution is 2.22. The lowest BCUT2D eigenvalue weighted by atomic mass is 10.1. The zero-order valence-corrected chi connectivity index (χ0v) is 13.4. The van der Waals surface area contributed by atoms with Crippen LogP contribution in [0.15, 0.2) is 24.3 Å². The van der Waals surface area contributed by atoms with Crippen molar-refractivity contribution in [1.29, 1.82) is 0 Å². The van der Waals surface area contributed by atoms with Gasteiger partial charge >= 0.3 is 0 Å². The number of benzene rings is 1. The Bertz CT molecular complexity index is 499. The predicted octanol–water partition coefficient (Wildman–Crippen LogP) is 2.27. The third-order valence-corrected chi connectivity index (χ3v) is 4.24. The van der Waals surface area contributed by atoms with Crippen molar-refractivity contribution in [2.24, 2.45) is 0 Å². The molecular formula is C15H19BrN2O2. The first-order valence-corrected chi connectivity index (χ1v) is 7.83. The number of likely N-dealkylation sites (tertiary alicyclic amines) is 1. The second-order valence-electron chi connectivity index (χ2n) is 5.22. The number of halogens is 1. The molecular weight excluding hydrogens is 320 g/mol. The molecule has 1 aromatic rings. The SMILES string of the molecule is CN(C)C(=O)C1CCCN1C(=O)c1ccc(CBr)cc1. The van der Waals surface area contributed by atoms with Crippen LogP contribution < -0.4 is 0 Å². The summed E-state index contributed by atoms with van der Waals surface area (Å²) in [6.07, 6.45) is 1.64. The summed E-state index contributed by atoms with van der Waals surface area (Å²) in [6, 6.07) is 7.21. The summed E-state index contributed by atoms with van der Waals surface area (Å²) in [6.45, 7) is 0.656. The van der Waals surface area contributed by atoms with Gasteiger partial charge in [-0.15, -0.1) is 0 Å². The van der Waals surface area contributed by atoms with Crippen LogP contribution >= 0.6 is 15.9 Å². The minimum absolute atomic E-state index is 0.00734. The van der Waals surface area contributed by atoms with Gasteiger partial charge in [0.1, 0.15) is 6.04 Å². The van der Waals surface area contributed by atoms with Gasteiger partial charge in [-0.3, -0.25) is 9.59 Å². The molecule has 2 rings (SSSR count). The Hall–Kier alpha value is -1.36. The second-order valence-corrected chi connectivity index (χ2v) is 5.78. The first-order chi connectivity index (χ1) is 9.54. The van der Waals surface area contributed by atoms with E-state index in [0.717, 1.165) is 23.7 Å². The van der Waals surface area contributed by atoms with Gasteiger partial charge in [0.05, 0.1) is 0 Å². The van der Waals surface area contributed by atoms with E-state index in [1.165, 1.54) is 0 Å². The lowest BCUT2D eigenvalue weighted by Gasteiger charge is -2.26. The number of likely N-dealkylation sites (N-methyl/N-ethyl adjacent to an activating group) is 1.